The van der Waals surface area contributed by atoms with Gasteiger partial charge in [0.2, 0.25) is 0 Å². The van der Waals surface area contributed by atoms with Crippen molar-refractivity contribution in [3.8, 4) is 11.4 Å². The summed E-state index contributed by atoms with van der Waals surface area (Å²) in [5.74, 6) is 1.53. The van der Waals surface area contributed by atoms with Crippen LogP contribution in [0.15, 0.2) is 30.3 Å². The number of aromatic nitrogens is 5. The van der Waals surface area contributed by atoms with E-state index < -0.39 is 0 Å². The summed E-state index contributed by atoms with van der Waals surface area (Å²) >= 11 is 0. The lowest BCUT2D eigenvalue weighted by molar-refractivity contribution is 0.102. The summed E-state index contributed by atoms with van der Waals surface area (Å²) in [6, 6.07) is 9.31. The first-order valence-corrected chi connectivity index (χ1v) is 9.49. The number of hydrogen-bond acceptors (Lipinski definition) is 5. The number of anilines is 1. The van der Waals surface area contributed by atoms with E-state index in [0.717, 1.165) is 24.1 Å². The number of aromatic amines is 1. The highest BCUT2D eigenvalue weighted by Crippen LogP contribution is 2.41. The van der Waals surface area contributed by atoms with Crippen molar-refractivity contribution in [1.82, 2.24) is 25.0 Å². The first-order chi connectivity index (χ1) is 13.3. The Bertz CT molecular complexity index is 997. The molecule has 0 atom stereocenters. The number of hydrogen-bond donors (Lipinski definition) is 3. The number of nitrogens with one attached hydrogen (secondary N) is 2. The summed E-state index contributed by atoms with van der Waals surface area (Å²) < 4.78 is 1.99. The molecule has 0 aliphatic heterocycles. The largest absolute Gasteiger partial charge is 0.324 e. The van der Waals surface area contributed by atoms with Gasteiger partial charge in [0, 0.05) is 22.9 Å². The van der Waals surface area contributed by atoms with Crippen LogP contribution in [0.3, 0.4) is 0 Å². The SMILES string of the molecule is CC(C)(C)n1nc(C(=O)Nc2ccc(-c3n[nH]c(CN)n3)cc2)cc1C1CC1.Cl. The lowest BCUT2D eigenvalue weighted by Crippen LogP contribution is -2.25. The maximum Gasteiger partial charge on any atom is 0.276 e. The van der Waals surface area contributed by atoms with Crippen LogP contribution in [0.4, 0.5) is 5.69 Å². The van der Waals surface area contributed by atoms with Gasteiger partial charge >= 0.3 is 0 Å². The van der Waals surface area contributed by atoms with E-state index in [1.54, 1.807) is 0 Å². The van der Waals surface area contributed by atoms with Crippen LogP contribution in [0.1, 0.15) is 61.5 Å². The Balaban J connectivity index is 0.00000240. The number of benzene rings is 1. The number of halogens is 1. The van der Waals surface area contributed by atoms with Crippen LogP contribution in [0.25, 0.3) is 11.4 Å². The normalized spacial score (nSPS) is 13.8. The molecule has 8 nitrogen and oxygen atoms in total. The number of carbonyl (C=O) groups is 1. The predicted molar refractivity (Wildman–Crippen MR) is 114 cm³/mol. The minimum absolute atomic E-state index is 0. The standard InChI is InChI=1S/C20H25N7O.ClH/c1-20(2,3)27-16(12-4-5-12)10-15(26-27)19(28)22-14-8-6-13(7-9-14)18-23-17(11-21)24-25-18;/h6-10,12H,4-5,11,21H2,1-3H3,(H,22,28)(H,23,24,25);1H. The lowest BCUT2D eigenvalue weighted by atomic mass is 10.1. The topological polar surface area (TPSA) is 115 Å². The van der Waals surface area contributed by atoms with E-state index in [-0.39, 0.29) is 23.9 Å². The fraction of sp³-hybridized carbons (Fsp3) is 0.400. The Morgan fingerprint density at radius 3 is 2.52 bits per heavy atom. The number of nitrogens with two attached hydrogens (primary N) is 1. The van der Waals surface area contributed by atoms with Gasteiger partial charge in [0.25, 0.3) is 5.91 Å². The number of nitrogens with zero attached hydrogens (tertiary/aromatic N) is 4. The van der Waals surface area contributed by atoms with Gasteiger partial charge in [0.15, 0.2) is 11.5 Å². The van der Waals surface area contributed by atoms with Crippen LogP contribution < -0.4 is 11.1 Å². The van der Waals surface area contributed by atoms with Gasteiger partial charge in [0.1, 0.15) is 5.82 Å². The van der Waals surface area contributed by atoms with Crippen molar-refractivity contribution in [1.29, 1.82) is 0 Å². The number of H-pyrrole nitrogens is 1. The Kier molecular flexibility index (Phi) is 5.77. The minimum Gasteiger partial charge on any atom is -0.324 e. The molecule has 1 aromatic carbocycles. The molecule has 4 N–H and O–H groups in total. The second-order valence-corrected chi connectivity index (χ2v) is 8.15. The van der Waals surface area contributed by atoms with Gasteiger partial charge in [-0.3, -0.25) is 14.6 Å². The van der Waals surface area contributed by atoms with E-state index in [9.17, 15) is 4.79 Å². The molecule has 2 aromatic heterocycles. The molecule has 0 saturated heterocycles. The summed E-state index contributed by atoms with van der Waals surface area (Å²) in [4.78, 5) is 17.0. The molecular formula is C20H26ClN7O. The molecule has 1 amide bonds. The van der Waals surface area contributed by atoms with Crippen LogP contribution >= 0.6 is 12.4 Å². The molecule has 154 valence electrons. The third-order valence-electron chi connectivity index (χ3n) is 4.73. The first-order valence-electron chi connectivity index (χ1n) is 9.49. The molecule has 0 radical (unpaired) electrons. The fourth-order valence-corrected chi connectivity index (χ4v) is 3.13. The Labute approximate surface area is 175 Å². The number of amides is 1. The summed E-state index contributed by atoms with van der Waals surface area (Å²) in [5.41, 5.74) is 8.53. The van der Waals surface area contributed by atoms with Crippen molar-refractivity contribution >= 4 is 24.0 Å². The zero-order valence-corrected chi connectivity index (χ0v) is 17.6. The zero-order valence-electron chi connectivity index (χ0n) is 16.8. The van der Waals surface area contributed by atoms with E-state index in [4.69, 9.17) is 5.73 Å². The van der Waals surface area contributed by atoms with Gasteiger partial charge < -0.3 is 11.1 Å². The molecule has 3 aromatic rings. The predicted octanol–water partition coefficient (Wildman–Crippen LogP) is 3.43. The van der Waals surface area contributed by atoms with Gasteiger partial charge in [-0.15, -0.1) is 12.4 Å². The van der Waals surface area contributed by atoms with Crippen molar-refractivity contribution in [2.75, 3.05) is 5.32 Å². The Morgan fingerprint density at radius 2 is 1.97 bits per heavy atom. The Hall–Kier alpha value is -2.71. The van der Waals surface area contributed by atoms with Crippen molar-refractivity contribution in [2.45, 2.75) is 51.6 Å². The molecule has 1 saturated carbocycles. The van der Waals surface area contributed by atoms with Gasteiger partial charge in [0.05, 0.1) is 12.1 Å². The Morgan fingerprint density at radius 1 is 1.28 bits per heavy atom. The first kappa shape index (κ1) is 21.0. The minimum atomic E-state index is -0.207. The molecule has 0 bridgehead atoms. The van der Waals surface area contributed by atoms with Gasteiger partial charge in [-0.25, -0.2) is 4.98 Å². The van der Waals surface area contributed by atoms with E-state index in [1.807, 2.05) is 35.0 Å². The van der Waals surface area contributed by atoms with Gasteiger partial charge in [-0.1, -0.05) is 0 Å². The van der Waals surface area contributed by atoms with Gasteiger partial charge in [-0.2, -0.15) is 10.2 Å². The molecule has 29 heavy (non-hydrogen) atoms. The van der Waals surface area contributed by atoms with Crippen LogP contribution in [0.2, 0.25) is 0 Å². The third kappa shape index (κ3) is 4.49. The lowest BCUT2D eigenvalue weighted by Gasteiger charge is -2.22. The second kappa shape index (κ2) is 7.96. The van der Waals surface area contributed by atoms with Crippen molar-refractivity contribution in [3.63, 3.8) is 0 Å². The van der Waals surface area contributed by atoms with Crippen LogP contribution in [-0.2, 0) is 12.1 Å². The summed E-state index contributed by atoms with van der Waals surface area (Å²) in [7, 11) is 0. The van der Waals surface area contributed by atoms with E-state index in [1.165, 1.54) is 0 Å². The molecule has 1 aliphatic carbocycles. The highest BCUT2D eigenvalue weighted by Gasteiger charge is 2.32. The molecule has 2 heterocycles. The van der Waals surface area contributed by atoms with Crippen LogP contribution in [0.5, 0.6) is 0 Å². The van der Waals surface area contributed by atoms with E-state index >= 15 is 0 Å². The summed E-state index contributed by atoms with van der Waals surface area (Å²) in [5, 5.41) is 14.4. The maximum atomic E-state index is 12.7. The highest BCUT2D eigenvalue weighted by molar-refractivity contribution is 6.03. The van der Waals surface area contributed by atoms with E-state index in [2.05, 4.69) is 46.4 Å². The average molecular weight is 416 g/mol. The monoisotopic (exact) mass is 415 g/mol. The molecule has 0 spiro atoms. The zero-order chi connectivity index (χ0) is 19.9. The smallest absolute Gasteiger partial charge is 0.276 e. The summed E-state index contributed by atoms with van der Waals surface area (Å²) in [6.45, 7) is 6.62. The summed E-state index contributed by atoms with van der Waals surface area (Å²) in [6.07, 6.45) is 2.33. The fourth-order valence-electron chi connectivity index (χ4n) is 3.13. The maximum absolute atomic E-state index is 12.7. The molecule has 4 rings (SSSR count). The van der Waals surface area contributed by atoms with Gasteiger partial charge in [-0.05, 0) is 63.9 Å². The molecule has 9 heteroatoms. The molecule has 0 unspecified atom stereocenters. The third-order valence-corrected chi connectivity index (χ3v) is 4.73. The molecule has 1 aliphatic rings. The van der Waals surface area contributed by atoms with Crippen molar-refractivity contribution < 1.29 is 4.79 Å². The number of rotatable bonds is 5. The van der Waals surface area contributed by atoms with Crippen molar-refractivity contribution in [2.24, 2.45) is 5.73 Å². The van der Waals surface area contributed by atoms with Crippen molar-refractivity contribution in [3.05, 3.63) is 47.5 Å². The molecular weight excluding hydrogens is 390 g/mol. The quantitative estimate of drug-likeness (QED) is 0.590. The highest BCUT2D eigenvalue weighted by atomic mass is 35.5. The molecule has 1 fully saturated rings. The van der Waals surface area contributed by atoms with E-state index in [0.29, 0.717) is 35.5 Å². The second-order valence-electron chi connectivity index (χ2n) is 8.15. The van der Waals surface area contributed by atoms with Crippen LogP contribution in [-0.4, -0.2) is 30.9 Å². The van der Waals surface area contributed by atoms with Crippen LogP contribution in [0, 0.1) is 0 Å². The average Bonchev–Trinajstić information content (AvgIpc) is 3.21. The number of carbonyl (C=O) groups excluding carboxylic acids is 1.